The molecule has 0 aromatic rings. The number of nitrogens with zero attached hydrogens (tertiary/aromatic N) is 1. The summed E-state index contributed by atoms with van der Waals surface area (Å²) < 4.78 is 0. The van der Waals surface area contributed by atoms with E-state index in [0.29, 0.717) is 0 Å². The predicted molar refractivity (Wildman–Crippen MR) is 4.97 cm³/mol. The van der Waals surface area contributed by atoms with Gasteiger partial charge in [-0.25, -0.2) is 0 Å². The molecule has 0 saturated heterocycles. The monoisotopic (exact) mass is 177 g/mol. The molecule has 0 aliphatic rings. The molecule has 21 valence electrons. The minimum atomic E-state index is 0. The Morgan fingerprint density at radius 3 is 1.20 bits per heavy atom. The van der Waals surface area contributed by atoms with E-state index in [4.69, 9.17) is 11.8 Å². The maximum atomic E-state index is 6.25. The van der Waals surface area contributed by atoms with Gasteiger partial charge in [-0.1, -0.05) is 0 Å². The van der Waals surface area contributed by atoms with E-state index < -0.39 is 0 Å². The van der Waals surface area contributed by atoms with Crippen LogP contribution in [0.3, 0.4) is 0 Å². The third-order valence-electron chi connectivity index (χ3n) is 0. The van der Waals surface area contributed by atoms with Crippen LogP contribution in [0.2, 0.25) is 0 Å². The van der Waals surface area contributed by atoms with E-state index in [0.717, 1.165) is 0 Å². The zero-order valence-electron chi connectivity index (χ0n) is 2.65. The zero-order chi connectivity index (χ0) is 2.00. The van der Waals surface area contributed by atoms with Gasteiger partial charge in [0.05, 0.1) is 0 Å². The van der Waals surface area contributed by atoms with Gasteiger partial charge in [0.2, 0.25) is 0 Å². The summed E-state index contributed by atoms with van der Waals surface area (Å²) in [4.78, 5) is 0. The van der Waals surface area contributed by atoms with Crippen LogP contribution in [0.15, 0.2) is 0 Å². The fourth-order valence-electron chi connectivity index (χ4n) is 0. The molecule has 4 heteroatoms. The van der Waals surface area contributed by atoms with Gasteiger partial charge in [0.1, 0.15) is 0 Å². The van der Waals surface area contributed by atoms with E-state index >= 15 is 0 Å². The molecule has 0 aliphatic heterocycles. The Hall–Kier alpha value is 2.17. The summed E-state index contributed by atoms with van der Waals surface area (Å²) in [7, 11) is 0. The van der Waals surface area contributed by atoms with Gasteiger partial charge in [-0.3, -0.25) is 0 Å². The van der Waals surface area contributed by atoms with E-state index in [1.807, 2.05) is 0 Å². The Bertz CT molecular complexity index is 14.4. The zero-order valence-corrected chi connectivity index (χ0v) is 7.99. The minimum absolute atomic E-state index is 0. The van der Waals surface area contributed by atoms with Crippen LogP contribution in [0.4, 0.5) is 0 Å². The van der Waals surface area contributed by atoms with Gasteiger partial charge in [-0.15, -0.1) is 0 Å². The SMILES string of the molecule is [C-]#N.[Fe+2].[Fe+3].[K+]. The second-order valence-corrected chi connectivity index (χ2v) is 0. The second kappa shape index (κ2) is 35.1. The maximum Gasteiger partial charge on any atom is 3.00 e. The topological polar surface area (TPSA) is 23.8 Å². The molecule has 5 heavy (non-hydrogen) atoms. The predicted octanol–water partition coefficient (Wildman–Crippen LogP) is -2.90. The summed E-state index contributed by atoms with van der Waals surface area (Å²) in [6.07, 6.45) is 0. The summed E-state index contributed by atoms with van der Waals surface area (Å²) in [5, 5.41) is 6.25. The molecule has 0 fully saturated rings. The smallest absolute Gasteiger partial charge is 0.512 e. The third kappa shape index (κ3) is 22.8. The Kier molecular flexibility index (Phi) is 191. The first kappa shape index (κ1) is 27.2. The molecule has 0 N–H and O–H groups in total. The van der Waals surface area contributed by atoms with Gasteiger partial charge in [0.15, 0.2) is 0 Å². The van der Waals surface area contributed by atoms with Crippen molar-refractivity contribution in [2.75, 3.05) is 0 Å². The molecule has 0 heterocycles. The number of hydrogen-bond acceptors (Lipinski definition) is 1. The first-order valence-electron chi connectivity index (χ1n) is 0.224. The van der Waals surface area contributed by atoms with E-state index in [2.05, 4.69) is 0 Å². The van der Waals surface area contributed by atoms with Crippen molar-refractivity contribution in [3.63, 3.8) is 0 Å². The molecule has 0 aliphatic carbocycles. The summed E-state index contributed by atoms with van der Waals surface area (Å²) in [6.45, 7) is 4.75. The normalized spacial score (nSPS) is 0.400. The molecular weight excluding hydrogens is 177 g/mol. The molecule has 0 aromatic carbocycles. The Balaban J connectivity index is -0.00000000167. The maximum absolute atomic E-state index is 6.25. The fraction of sp³-hybridized carbons (Fsp3) is 0. The Morgan fingerprint density at radius 2 is 1.20 bits per heavy atom. The van der Waals surface area contributed by atoms with Crippen LogP contribution < -0.4 is 51.4 Å². The molecule has 1 nitrogen and oxygen atoms in total. The van der Waals surface area contributed by atoms with Crippen LogP contribution in [0.25, 0.3) is 0 Å². The van der Waals surface area contributed by atoms with Gasteiger partial charge in [0.25, 0.3) is 0 Å². The van der Waals surface area contributed by atoms with Crippen molar-refractivity contribution in [2.45, 2.75) is 0 Å². The average molecular weight is 177 g/mol. The van der Waals surface area contributed by atoms with Crippen LogP contribution in [0, 0.1) is 11.8 Å². The molecule has 0 bridgehead atoms. The summed E-state index contributed by atoms with van der Waals surface area (Å²) in [5.74, 6) is 0. The van der Waals surface area contributed by atoms with Gasteiger partial charge in [-0.05, 0) is 0 Å². The molecular formula is CFe2KN+5. The molecule has 0 rings (SSSR count). The molecule has 1 radical (unpaired) electrons. The van der Waals surface area contributed by atoms with Crippen molar-refractivity contribution in [1.29, 1.82) is 5.26 Å². The summed E-state index contributed by atoms with van der Waals surface area (Å²) >= 11 is 0. The quantitative estimate of drug-likeness (QED) is 0.287. The molecule has 0 saturated carbocycles. The van der Waals surface area contributed by atoms with Crippen molar-refractivity contribution in [2.24, 2.45) is 0 Å². The molecule has 0 aromatic heterocycles. The molecule has 0 atom stereocenters. The van der Waals surface area contributed by atoms with Gasteiger partial charge >= 0.3 is 85.5 Å². The minimum Gasteiger partial charge on any atom is -0.512 e. The van der Waals surface area contributed by atoms with E-state index in [-0.39, 0.29) is 85.5 Å². The third-order valence-corrected chi connectivity index (χ3v) is 0. The van der Waals surface area contributed by atoms with Crippen molar-refractivity contribution >= 4 is 0 Å². The van der Waals surface area contributed by atoms with E-state index in [1.165, 1.54) is 0 Å². The first-order valence-corrected chi connectivity index (χ1v) is 0.224. The van der Waals surface area contributed by atoms with Crippen LogP contribution in [0.5, 0.6) is 0 Å². The van der Waals surface area contributed by atoms with Crippen LogP contribution in [-0.4, -0.2) is 0 Å². The Labute approximate surface area is 95.2 Å². The van der Waals surface area contributed by atoms with Crippen molar-refractivity contribution in [3.05, 3.63) is 6.57 Å². The largest absolute Gasteiger partial charge is 3.00 e. The van der Waals surface area contributed by atoms with E-state index in [9.17, 15) is 0 Å². The van der Waals surface area contributed by atoms with Crippen LogP contribution >= 0.6 is 0 Å². The first-order chi connectivity index (χ1) is 1.00. The van der Waals surface area contributed by atoms with Crippen LogP contribution in [0.1, 0.15) is 0 Å². The molecule has 0 spiro atoms. The summed E-state index contributed by atoms with van der Waals surface area (Å²) in [6, 6.07) is 0. The second-order valence-electron chi connectivity index (χ2n) is 0. The van der Waals surface area contributed by atoms with Gasteiger partial charge < -0.3 is 11.8 Å². The summed E-state index contributed by atoms with van der Waals surface area (Å²) in [5.41, 5.74) is 0. The fourth-order valence-corrected chi connectivity index (χ4v) is 0. The average Bonchev–Trinajstić information content (AvgIpc) is 1.00. The molecule has 0 unspecified atom stereocenters. The van der Waals surface area contributed by atoms with Crippen molar-refractivity contribution in [1.82, 2.24) is 0 Å². The van der Waals surface area contributed by atoms with Crippen molar-refractivity contribution < 1.29 is 85.5 Å². The van der Waals surface area contributed by atoms with Gasteiger partial charge in [0, 0.05) is 0 Å². The van der Waals surface area contributed by atoms with Crippen molar-refractivity contribution in [3.8, 4) is 0 Å². The standard InChI is InChI=1S/CN.2Fe.K/c1-2;;;/q-1;+2;+3;+1. The number of hydrogen-bond donors (Lipinski definition) is 0. The number of rotatable bonds is 0. The van der Waals surface area contributed by atoms with Gasteiger partial charge in [-0.2, -0.15) is 0 Å². The molecule has 0 amide bonds. The Morgan fingerprint density at radius 1 is 1.20 bits per heavy atom. The van der Waals surface area contributed by atoms with E-state index in [1.54, 1.807) is 0 Å². The van der Waals surface area contributed by atoms with Crippen LogP contribution in [-0.2, 0) is 34.1 Å².